The molecule has 6 nitrogen and oxygen atoms in total. The van der Waals surface area contributed by atoms with E-state index in [0.717, 1.165) is 12.8 Å². The number of hydrogen-bond acceptors (Lipinski definition) is 5. The van der Waals surface area contributed by atoms with Gasteiger partial charge in [-0.2, -0.15) is 4.98 Å². The summed E-state index contributed by atoms with van der Waals surface area (Å²) in [6, 6.07) is 10.4. The number of nitrogens with zero attached hydrogens (tertiary/aromatic N) is 2. The van der Waals surface area contributed by atoms with Crippen molar-refractivity contribution in [1.29, 1.82) is 0 Å². The van der Waals surface area contributed by atoms with E-state index < -0.39 is 0 Å². The summed E-state index contributed by atoms with van der Waals surface area (Å²) < 4.78 is 10.3. The van der Waals surface area contributed by atoms with Gasteiger partial charge in [-0.05, 0) is 18.4 Å². The van der Waals surface area contributed by atoms with Gasteiger partial charge in [0.25, 0.3) is 5.91 Å². The van der Waals surface area contributed by atoms with Gasteiger partial charge >= 0.3 is 6.08 Å². The average molecular weight is 343 g/mol. The number of hydrogen-bond donors (Lipinski definition) is 1. The predicted octanol–water partition coefficient (Wildman–Crippen LogP) is 3.20. The molecule has 1 N–H and O–H groups in total. The third kappa shape index (κ3) is 4.18. The van der Waals surface area contributed by atoms with Gasteiger partial charge in [0.2, 0.25) is 0 Å². The van der Waals surface area contributed by atoms with Gasteiger partial charge in [-0.3, -0.25) is 9.32 Å². The largest absolute Gasteiger partial charge is 0.439 e. The number of rotatable bonds is 7. The highest BCUT2D eigenvalue weighted by atomic mass is 16.6. The summed E-state index contributed by atoms with van der Waals surface area (Å²) in [5.74, 6) is 0.555. The molecule has 6 heteroatoms. The van der Waals surface area contributed by atoms with Crippen molar-refractivity contribution in [3.8, 4) is 6.08 Å². The molecule has 0 radical (unpaired) electrons. The minimum absolute atomic E-state index is 0.0339. The van der Waals surface area contributed by atoms with Gasteiger partial charge < -0.3 is 10.1 Å². The second-order valence-corrected chi connectivity index (χ2v) is 6.99. The smallest absolute Gasteiger partial charge is 0.417 e. The molecule has 1 saturated carbocycles. The highest BCUT2D eigenvalue weighted by Gasteiger charge is 2.35. The molecule has 1 aliphatic rings. The van der Waals surface area contributed by atoms with Gasteiger partial charge in [0.15, 0.2) is 12.4 Å². The van der Waals surface area contributed by atoms with Crippen molar-refractivity contribution in [3.63, 3.8) is 0 Å². The lowest BCUT2D eigenvalue weighted by molar-refractivity contribution is -0.123. The molecule has 1 fully saturated rings. The van der Waals surface area contributed by atoms with E-state index >= 15 is 0 Å². The third-order valence-electron chi connectivity index (χ3n) is 4.84. The first kappa shape index (κ1) is 17.5. The Morgan fingerprint density at radius 3 is 2.64 bits per heavy atom. The fourth-order valence-corrected chi connectivity index (χ4v) is 3.37. The molecule has 1 aromatic heterocycles. The second-order valence-electron chi connectivity index (χ2n) is 6.99. The monoisotopic (exact) mass is 343 g/mol. The van der Waals surface area contributed by atoms with Crippen LogP contribution >= 0.6 is 0 Å². The van der Waals surface area contributed by atoms with Crippen LogP contribution in [0.25, 0.3) is 0 Å². The molecule has 0 atom stereocenters. The molecule has 0 bridgehead atoms. The van der Waals surface area contributed by atoms with E-state index in [2.05, 4.69) is 39.7 Å². The summed E-state index contributed by atoms with van der Waals surface area (Å²) in [7, 11) is 0. The van der Waals surface area contributed by atoms with Crippen LogP contribution in [0, 0.1) is 0 Å². The number of carbonyl (C=O) groups is 1. The van der Waals surface area contributed by atoms with Gasteiger partial charge in [0.1, 0.15) is 0 Å². The van der Waals surface area contributed by atoms with Crippen molar-refractivity contribution in [2.75, 3.05) is 13.2 Å². The number of benzene rings is 1. The van der Waals surface area contributed by atoms with Crippen molar-refractivity contribution in [1.82, 2.24) is 15.5 Å². The molecular weight excluding hydrogens is 318 g/mol. The summed E-state index contributed by atoms with van der Waals surface area (Å²) in [4.78, 5) is 16.3. The molecular formula is C19H25N3O3. The SMILES string of the molecule is CC(C)c1noc(OCC(=O)NCC2(c3ccccc3)CCCC2)n1. The van der Waals surface area contributed by atoms with Crippen LogP contribution < -0.4 is 10.1 Å². The van der Waals surface area contributed by atoms with Crippen molar-refractivity contribution in [3.05, 3.63) is 41.7 Å². The van der Waals surface area contributed by atoms with Crippen LogP contribution in [0.2, 0.25) is 0 Å². The van der Waals surface area contributed by atoms with E-state index in [1.807, 2.05) is 19.9 Å². The number of carbonyl (C=O) groups excluding carboxylic acids is 1. The molecule has 134 valence electrons. The Bertz CT molecular complexity index is 691. The molecule has 25 heavy (non-hydrogen) atoms. The Balaban J connectivity index is 1.53. The van der Waals surface area contributed by atoms with E-state index in [4.69, 9.17) is 9.26 Å². The summed E-state index contributed by atoms with van der Waals surface area (Å²) in [6.45, 7) is 4.43. The number of nitrogens with one attached hydrogen (secondary N) is 1. The van der Waals surface area contributed by atoms with Crippen LogP contribution in [0.3, 0.4) is 0 Å². The molecule has 1 aromatic carbocycles. The van der Waals surface area contributed by atoms with Gasteiger partial charge in [-0.1, -0.05) is 62.2 Å². The van der Waals surface area contributed by atoms with Crippen LogP contribution in [-0.2, 0) is 10.2 Å². The zero-order valence-electron chi connectivity index (χ0n) is 14.8. The average Bonchev–Trinajstić information content (AvgIpc) is 3.29. The highest BCUT2D eigenvalue weighted by molar-refractivity contribution is 5.77. The Hall–Kier alpha value is -2.37. The van der Waals surface area contributed by atoms with Crippen molar-refractivity contribution >= 4 is 5.91 Å². The zero-order valence-corrected chi connectivity index (χ0v) is 14.8. The second kappa shape index (κ2) is 7.68. The third-order valence-corrected chi connectivity index (χ3v) is 4.84. The Labute approximate surface area is 148 Å². The van der Waals surface area contributed by atoms with E-state index in [1.54, 1.807) is 0 Å². The van der Waals surface area contributed by atoms with Gasteiger partial charge in [-0.25, -0.2) is 0 Å². The standard InChI is InChI=1S/C19H25N3O3/c1-14(2)17-21-18(25-22-17)24-12-16(23)20-13-19(10-6-7-11-19)15-8-4-3-5-9-15/h3-5,8-9,14H,6-7,10-13H2,1-2H3,(H,20,23). The molecule has 1 amide bonds. The molecule has 2 aromatic rings. The highest BCUT2D eigenvalue weighted by Crippen LogP contribution is 2.40. The molecule has 1 aliphatic carbocycles. The maximum Gasteiger partial charge on any atom is 0.417 e. The van der Waals surface area contributed by atoms with E-state index in [0.29, 0.717) is 12.4 Å². The van der Waals surface area contributed by atoms with Crippen LogP contribution in [0.1, 0.15) is 56.8 Å². The van der Waals surface area contributed by atoms with Gasteiger partial charge in [-0.15, -0.1) is 0 Å². The molecule has 1 heterocycles. The minimum atomic E-state index is -0.175. The van der Waals surface area contributed by atoms with Crippen LogP contribution in [-0.4, -0.2) is 29.2 Å². The van der Waals surface area contributed by atoms with E-state index in [9.17, 15) is 4.79 Å². The van der Waals surface area contributed by atoms with Crippen LogP contribution in [0.15, 0.2) is 34.9 Å². The first-order chi connectivity index (χ1) is 12.1. The topological polar surface area (TPSA) is 77.2 Å². The number of ether oxygens (including phenoxy) is 1. The van der Waals surface area contributed by atoms with Gasteiger partial charge in [0, 0.05) is 17.9 Å². The fourth-order valence-electron chi connectivity index (χ4n) is 3.37. The fraction of sp³-hybridized carbons (Fsp3) is 0.526. The Morgan fingerprint density at radius 2 is 2.00 bits per heavy atom. The lowest BCUT2D eigenvalue weighted by Gasteiger charge is -2.30. The van der Waals surface area contributed by atoms with Crippen LogP contribution in [0.5, 0.6) is 6.08 Å². The summed E-state index contributed by atoms with van der Waals surface area (Å²) in [6.07, 6.45) is 4.62. The van der Waals surface area contributed by atoms with E-state index in [-0.39, 0.29) is 29.9 Å². The molecule has 0 saturated heterocycles. The molecule has 3 rings (SSSR count). The molecule has 0 spiro atoms. The Morgan fingerprint density at radius 1 is 1.28 bits per heavy atom. The van der Waals surface area contributed by atoms with Crippen molar-refractivity contribution < 1.29 is 14.1 Å². The first-order valence-corrected chi connectivity index (χ1v) is 8.88. The van der Waals surface area contributed by atoms with Crippen LogP contribution in [0.4, 0.5) is 0 Å². The molecule has 0 unspecified atom stereocenters. The van der Waals surface area contributed by atoms with Crippen molar-refractivity contribution in [2.45, 2.75) is 50.9 Å². The summed E-state index contributed by atoms with van der Waals surface area (Å²) in [5, 5.41) is 6.82. The number of amides is 1. The first-order valence-electron chi connectivity index (χ1n) is 8.88. The van der Waals surface area contributed by atoms with E-state index in [1.165, 1.54) is 18.4 Å². The quantitative estimate of drug-likeness (QED) is 0.835. The summed E-state index contributed by atoms with van der Waals surface area (Å²) in [5.41, 5.74) is 1.33. The predicted molar refractivity (Wildman–Crippen MR) is 93.5 cm³/mol. The lowest BCUT2D eigenvalue weighted by atomic mass is 9.79. The zero-order chi connectivity index (χ0) is 17.7. The van der Waals surface area contributed by atoms with Gasteiger partial charge in [0.05, 0.1) is 0 Å². The number of aromatic nitrogens is 2. The lowest BCUT2D eigenvalue weighted by Crippen LogP contribution is -2.40. The summed E-state index contributed by atoms with van der Waals surface area (Å²) >= 11 is 0. The molecule has 0 aliphatic heterocycles. The van der Waals surface area contributed by atoms with Crippen molar-refractivity contribution in [2.24, 2.45) is 0 Å². The maximum atomic E-state index is 12.2. The maximum absolute atomic E-state index is 12.2. The normalized spacial score (nSPS) is 16.1. The Kier molecular flexibility index (Phi) is 5.36. The minimum Gasteiger partial charge on any atom is -0.439 e.